The molecule has 1 N–H and O–H groups in total. The smallest absolute Gasteiger partial charge is 0.243 e. The summed E-state index contributed by atoms with van der Waals surface area (Å²) in [5.41, 5.74) is 2.75. The second kappa shape index (κ2) is 8.68. The van der Waals surface area contributed by atoms with Gasteiger partial charge >= 0.3 is 0 Å². The lowest BCUT2D eigenvalue weighted by molar-refractivity contribution is -0.131. The molecule has 27 heavy (non-hydrogen) atoms. The van der Waals surface area contributed by atoms with E-state index in [-0.39, 0.29) is 24.1 Å². The number of carbonyl (C=O) groups excluding carboxylic acids is 2. The maximum absolute atomic E-state index is 12.3. The van der Waals surface area contributed by atoms with E-state index in [0.29, 0.717) is 0 Å². The van der Waals surface area contributed by atoms with Crippen molar-refractivity contribution in [1.29, 1.82) is 0 Å². The topological polar surface area (TPSA) is 62.3 Å². The number of carbonyl (C=O) groups is 2. The predicted molar refractivity (Wildman–Crippen MR) is 110 cm³/mol. The number of hydrogen-bond donors (Lipinski definition) is 1. The summed E-state index contributed by atoms with van der Waals surface area (Å²) in [5.74, 6) is -0.0998. The molecule has 2 amide bonds. The van der Waals surface area contributed by atoms with Gasteiger partial charge in [0.15, 0.2) is 0 Å². The fraction of sp³-hybridized carbons (Fsp3) is 0.190. The molecule has 6 heteroatoms. The van der Waals surface area contributed by atoms with Gasteiger partial charge in [0.25, 0.3) is 0 Å². The Morgan fingerprint density at radius 1 is 1.04 bits per heavy atom. The quantitative estimate of drug-likeness (QED) is 0.663. The lowest BCUT2D eigenvalue weighted by Gasteiger charge is -2.16. The number of pyridine rings is 1. The Kier molecular flexibility index (Phi) is 6.08. The molecule has 2 aromatic carbocycles. The van der Waals surface area contributed by atoms with Gasteiger partial charge in [0.1, 0.15) is 0 Å². The molecule has 1 aromatic heterocycles. The summed E-state index contributed by atoms with van der Waals surface area (Å²) in [4.78, 5) is 30.4. The molecular formula is C21H21N3O2S. The van der Waals surface area contributed by atoms with Crippen molar-refractivity contribution >= 4 is 40.2 Å². The number of rotatable bonds is 6. The second-order valence-electron chi connectivity index (χ2n) is 6.29. The summed E-state index contributed by atoms with van der Waals surface area (Å²) < 4.78 is 0. The highest BCUT2D eigenvalue weighted by atomic mass is 32.2. The van der Waals surface area contributed by atoms with Gasteiger partial charge < -0.3 is 10.2 Å². The first-order valence-corrected chi connectivity index (χ1v) is 9.59. The van der Waals surface area contributed by atoms with Gasteiger partial charge in [0.2, 0.25) is 11.8 Å². The minimum Gasteiger partial charge on any atom is -0.336 e. The van der Waals surface area contributed by atoms with Crippen molar-refractivity contribution < 1.29 is 9.59 Å². The number of hydrogen-bond acceptors (Lipinski definition) is 4. The lowest BCUT2D eigenvalue weighted by Crippen LogP contribution is -2.35. The van der Waals surface area contributed by atoms with Gasteiger partial charge in [0, 0.05) is 18.1 Å². The first-order valence-electron chi connectivity index (χ1n) is 8.60. The maximum atomic E-state index is 12.3. The highest BCUT2D eigenvalue weighted by molar-refractivity contribution is 7.99. The van der Waals surface area contributed by atoms with Crippen LogP contribution in [0, 0.1) is 6.92 Å². The number of amides is 2. The molecule has 0 atom stereocenters. The number of fused-ring (bicyclic) bond motifs is 1. The molecular weight excluding hydrogens is 358 g/mol. The van der Waals surface area contributed by atoms with Gasteiger partial charge in [-0.15, -0.1) is 0 Å². The van der Waals surface area contributed by atoms with E-state index in [9.17, 15) is 9.59 Å². The summed E-state index contributed by atoms with van der Waals surface area (Å²) in [6.07, 6.45) is 0. The number of aryl methyl sites for hydroxylation is 1. The maximum Gasteiger partial charge on any atom is 0.243 e. The van der Waals surface area contributed by atoms with E-state index in [1.54, 1.807) is 7.05 Å². The zero-order valence-corrected chi connectivity index (χ0v) is 16.1. The van der Waals surface area contributed by atoms with Crippen molar-refractivity contribution in [2.45, 2.75) is 11.9 Å². The first-order chi connectivity index (χ1) is 13.0. The minimum atomic E-state index is -0.219. The molecule has 0 aliphatic heterocycles. The summed E-state index contributed by atoms with van der Waals surface area (Å²) in [5, 5.41) is 4.66. The molecule has 0 fully saturated rings. The Labute approximate surface area is 162 Å². The standard InChI is InChI=1S/C21H21N3O2S/c1-15-7-10-17(11-8-15)22-19(25)13-24(2)21(26)14-27-20-12-9-16-5-3-4-6-18(16)23-20/h3-12H,13-14H2,1-2H3,(H,22,25). The zero-order chi connectivity index (χ0) is 19.2. The Morgan fingerprint density at radius 2 is 1.78 bits per heavy atom. The van der Waals surface area contributed by atoms with Crippen LogP contribution in [0.3, 0.4) is 0 Å². The normalized spacial score (nSPS) is 10.6. The van der Waals surface area contributed by atoms with Crippen molar-refractivity contribution in [3.8, 4) is 0 Å². The molecule has 0 radical (unpaired) electrons. The van der Waals surface area contributed by atoms with E-state index < -0.39 is 0 Å². The Hall–Kier alpha value is -2.86. The minimum absolute atomic E-state index is 0.0123. The summed E-state index contributed by atoms with van der Waals surface area (Å²) in [6, 6.07) is 19.3. The molecule has 1 heterocycles. The second-order valence-corrected chi connectivity index (χ2v) is 7.29. The summed E-state index contributed by atoms with van der Waals surface area (Å²) in [6.45, 7) is 2.00. The van der Waals surface area contributed by atoms with Crippen LogP contribution >= 0.6 is 11.8 Å². The lowest BCUT2D eigenvalue weighted by atomic mass is 10.2. The first kappa shape index (κ1) is 18.9. The van der Waals surface area contributed by atoms with E-state index in [4.69, 9.17) is 0 Å². The molecule has 0 unspecified atom stereocenters. The number of para-hydroxylation sites is 1. The average Bonchev–Trinajstić information content (AvgIpc) is 2.67. The fourth-order valence-electron chi connectivity index (χ4n) is 2.51. The monoisotopic (exact) mass is 379 g/mol. The van der Waals surface area contributed by atoms with Crippen LogP contribution in [-0.4, -0.2) is 41.0 Å². The number of aromatic nitrogens is 1. The van der Waals surface area contributed by atoms with E-state index in [0.717, 1.165) is 27.2 Å². The van der Waals surface area contributed by atoms with Crippen LogP contribution in [-0.2, 0) is 9.59 Å². The molecule has 5 nitrogen and oxygen atoms in total. The SMILES string of the molecule is Cc1ccc(NC(=O)CN(C)C(=O)CSc2ccc3ccccc3n2)cc1. The number of nitrogens with one attached hydrogen (secondary N) is 1. The van der Waals surface area contributed by atoms with Gasteiger partial charge in [-0.25, -0.2) is 4.98 Å². The number of thioether (sulfide) groups is 1. The van der Waals surface area contributed by atoms with Crippen molar-refractivity contribution in [1.82, 2.24) is 9.88 Å². The Balaban J connectivity index is 1.50. The van der Waals surface area contributed by atoms with Crippen LogP contribution in [0.2, 0.25) is 0 Å². The van der Waals surface area contributed by atoms with Gasteiger partial charge in [-0.05, 0) is 31.2 Å². The number of benzene rings is 2. The molecule has 0 saturated heterocycles. The van der Waals surface area contributed by atoms with Crippen LogP contribution in [0.15, 0.2) is 65.7 Å². The molecule has 0 bridgehead atoms. The molecule has 0 saturated carbocycles. The molecule has 0 aliphatic carbocycles. The van der Waals surface area contributed by atoms with Crippen molar-refractivity contribution in [3.63, 3.8) is 0 Å². The van der Waals surface area contributed by atoms with Crippen molar-refractivity contribution in [2.75, 3.05) is 24.7 Å². The van der Waals surface area contributed by atoms with E-state index >= 15 is 0 Å². The van der Waals surface area contributed by atoms with Crippen molar-refractivity contribution in [2.24, 2.45) is 0 Å². The van der Waals surface area contributed by atoms with Crippen LogP contribution < -0.4 is 5.32 Å². The van der Waals surface area contributed by atoms with Crippen LogP contribution in [0.5, 0.6) is 0 Å². The van der Waals surface area contributed by atoms with Crippen LogP contribution in [0.4, 0.5) is 5.69 Å². The third-order valence-electron chi connectivity index (χ3n) is 4.06. The fourth-order valence-corrected chi connectivity index (χ4v) is 3.33. The Bertz CT molecular complexity index is 957. The average molecular weight is 379 g/mol. The third-order valence-corrected chi connectivity index (χ3v) is 4.97. The van der Waals surface area contributed by atoms with Gasteiger partial charge in [-0.3, -0.25) is 9.59 Å². The molecule has 138 valence electrons. The van der Waals surface area contributed by atoms with Crippen LogP contribution in [0.25, 0.3) is 10.9 Å². The van der Waals surface area contributed by atoms with E-state index in [2.05, 4.69) is 10.3 Å². The number of likely N-dealkylation sites (N-methyl/N-ethyl adjacent to an activating group) is 1. The highest BCUT2D eigenvalue weighted by Gasteiger charge is 2.14. The van der Waals surface area contributed by atoms with Crippen molar-refractivity contribution in [3.05, 3.63) is 66.2 Å². The molecule has 0 spiro atoms. The van der Waals surface area contributed by atoms with Gasteiger partial charge in [-0.1, -0.05) is 53.7 Å². The predicted octanol–water partition coefficient (Wildman–Crippen LogP) is 3.73. The molecule has 0 aliphatic rings. The molecule has 3 rings (SSSR count). The molecule has 3 aromatic rings. The summed E-state index contributed by atoms with van der Waals surface area (Å²) >= 11 is 1.37. The number of anilines is 1. The van der Waals surface area contributed by atoms with E-state index in [1.807, 2.05) is 67.6 Å². The summed E-state index contributed by atoms with van der Waals surface area (Å²) in [7, 11) is 1.63. The van der Waals surface area contributed by atoms with Gasteiger partial charge in [0.05, 0.1) is 22.8 Å². The third kappa shape index (κ3) is 5.31. The Morgan fingerprint density at radius 3 is 2.56 bits per heavy atom. The largest absolute Gasteiger partial charge is 0.336 e. The highest BCUT2D eigenvalue weighted by Crippen LogP contribution is 2.20. The van der Waals surface area contributed by atoms with Crippen LogP contribution in [0.1, 0.15) is 5.56 Å². The van der Waals surface area contributed by atoms with E-state index in [1.165, 1.54) is 16.7 Å². The zero-order valence-electron chi connectivity index (χ0n) is 15.3. The number of nitrogens with zero attached hydrogens (tertiary/aromatic N) is 2. The van der Waals surface area contributed by atoms with Gasteiger partial charge in [-0.2, -0.15) is 0 Å².